The highest BCUT2D eigenvalue weighted by Crippen LogP contribution is 2.31. The third kappa shape index (κ3) is 5.41. The summed E-state index contributed by atoms with van der Waals surface area (Å²) in [4.78, 5) is 17.2. The molecule has 0 bridgehead atoms. The maximum Gasteiger partial charge on any atom is 0.416 e. The summed E-state index contributed by atoms with van der Waals surface area (Å²) >= 11 is 1.22. The second-order valence-electron chi connectivity index (χ2n) is 6.23. The molecule has 148 valence electrons. The summed E-state index contributed by atoms with van der Waals surface area (Å²) in [6.45, 7) is 0.866. The number of carbonyl (C=O) groups is 1. The number of aromatic nitrogens is 1. The van der Waals surface area contributed by atoms with Crippen molar-refractivity contribution in [2.24, 2.45) is 5.73 Å². The molecule has 2 heterocycles. The first-order valence-electron chi connectivity index (χ1n) is 8.05. The summed E-state index contributed by atoms with van der Waals surface area (Å²) in [5.74, 6) is -0.319. The fourth-order valence-corrected chi connectivity index (χ4v) is 3.53. The summed E-state index contributed by atoms with van der Waals surface area (Å²) in [6.07, 6.45) is -1.66. The van der Waals surface area contributed by atoms with Gasteiger partial charge < -0.3 is 15.8 Å². The molecule has 0 aliphatic carbocycles. The molecular weight excluding hydrogens is 403 g/mol. The van der Waals surface area contributed by atoms with E-state index in [-0.39, 0.29) is 18.3 Å². The average molecular weight is 422 g/mol. The summed E-state index contributed by atoms with van der Waals surface area (Å²) in [5, 5.41) is 3.08. The van der Waals surface area contributed by atoms with Crippen molar-refractivity contribution < 1.29 is 22.7 Å². The Morgan fingerprint density at radius 1 is 1.33 bits per heavy atom. The number of benzene rings is 1. The first-order chi connectivity index (χ1) is 12.3. The van der Waals surface area contributed by atoms with Gasteiger partial charge in [0.05, 0.1) is 5.56 Å². The normalized spacial score (nSPS) is 16.4. The van der Waals surface area contributed by atoms with E-state index in [1.54, 1.807) is 12.3 Å². The molecule has 27 heavy (non-hydrogen) atoms. The van der Waals surface area contributed by atoms with Gasteiger partial charge in [-0.3, -0.25) is 4.79 Å². The van der Waals surface area contributed by atoms with Crippen molar-refractivity contribution in [2.45, 2.75) is 31.0 Å². The van der Waals surface area contributed by atoms with Gasteiger partial charge in [-0.05, 0) is 24.5 Å². The number of amides is 1. The topological polar surface area (TPSA) is 77.2 Å². The lowest BCUT2D eigenvalue weighted by molar-refractivity contribution is -0.137. The van der Waals surface area contributed by atoms with Crippen molar-refractivity contribution in [1.82, 2.24) is 4.98 Å². The molecule has 1 aliphatic heterocycles. The molecule has 1 aromatic carbocycles. The van der Waals surface area contributed by atoms with Crippen LogP contribution in [0, 0.1) is 0 Å². The molecule has 5 nitrogen and oxygen atoms in total. The third-order valence-corrected chi connectivity index (χ3v) is 5.16. The Morgan fingerprint density at radius 3 is 2.70 bits per heavy atom. The monoisotopic (exact) mass is 421 g/mol. The fraction of sp³-hybridized carbons (Fsp3) is 0.412. The number of hydrogen-bond acceptors (Lipinski definition) is 5. The molecular formula is C17H19ClF3N3O2S. The SMILES string of the molecule is Cl.NC1(C(=O)Nc2ncc(Cc3cccc(C(F)(F)F)c3)s2)CCOCC1. The Labute approximate surface area is 164 Å². The summed E-state index contributed by atoms with van der Waals surface area (Å²) in [7, 11) is 0. The van der Waals surface area contributed by atoms with Crippen molar-refractivity contribution >= 4 is 34.8 Å². The molecule has 0 atom stereocenters. The predicted octanol–water partition coefficient (Wildman–Crippen LogP) is 3.62. The zero-order valence-electron chi connectivity index (χ0n) is 14.2. The molecule has 0 spiro atoms. The number of thiazole rings is 1. The highest BCUT2D eigenvalue weighted by molar-refractivity contribution is 7.15. The number of nitrogens with two attached hydrogens (primary N) is 1. The van der Waals surface area contributed by atoms with Crippen LogP contribution in [0.4, 0.5) is 18.3 Å². The number of hydrogen-bond donors (Lipinski definition) is 2. The van der Waals surface area contributed by atoms with Crippen LogP contribution in [0.25, 0.3) is 0 Å². The molecule has 2 aromatic rings. The van der Waals surface area contributed by atoms with E-state index in [0.717, 1.165) is 17.0 Å². The van der Waals surface area contributed by atoms with Crippen LogP contribution in [0.15, 0.2) is 30.5 Å². The van der Waals surface area contributed by atoms with Crippen LogP contribution in [0.5, 0.6) is 0 Å². The average Bonchev–Trinajstić information content (AvgIpc) is 3.02. The van der Waals surface area contributed by atoms with Crippen LogP contribution in [-0.4, -0.2) is 29.6 Å². The van der Waals surface area contributed by atoms with E-state index in [0.29, 0.717) is 43.2 Å². The second-order valence-corrected chi connectivity index (χ2v) is 7.34. The number of nitrogens with one attached hydrogen (secondary N) is 1. The Bertz CT molecular complexity index is 792. The number of nitrogens with zero attached hydrogens (tertiary/aromatic N) is 1. The van der Waals surface area contributed by atoms with E-state index < -0.39 is 17.3 Å². The van der Waals surface area contributed by atoms with Crippen molar-refractivity contribution in [3.05, 3.63) is 46.5 Å². The molecule has 1 aromatic heterocycles. The second kappa shape index (κ2) is 8.55. The number of carbonyl (C=O) groups excluding carboxylic acids is 1. The van der Waals surface area contributed by atoms with Crippen LogP contribution < -0.4 is 11.1 Å². The quantitative estimate of drug-likeness (QED) is 0.790. The van der Waals surface area contributed by atoms with Crippen LogP contribution in [0.1, 0.15) is 28.8 Å². The fourth-order valence-electron chi connectivity index (χ4n) is 2.69. The number of ether oxygens (including phenoxy) is 1. The zero-order valence-corrected chi connectivity index (χ0v) is 15.8. The first-order valence-corrected chi connectivity index (χ1v) is 8.87. The van der Waals surface area contributed by atoms with Gasteiger partial charge in [-0.2, -0.15) is 13.2 Å². The molecule has 3 rings (SSSR count). The van der Waals surface area contributed by atoms with E-state index in [1.807, 2.05) is 0 Å². The van der Waals surface area contributed by atoms with E-state index in [4.69, 9.17) is 10.5 Å². The third-order valence-electron chi connectivity index (χ3n) is 4.24. The lowest BCUT2D eigenvalue weighted by Gasteiger charge is -2.31. The molecule has 0 saturated carbocycles. The minimum Gasteiger partial charge on any atom is -0.381 e. The minimum atomic E-state index is -4.37. The van der Waals surface area contributed by atoms with E-state index in [9.17, 15) is 18.0 Å². The molecule has 0 unspecified atom stereocenters. The van der Waals surface area contributed by atoms with Gasteiger partial charge in [0.15, 0.2) is 5.13 Å². The van der Waals surface area contributed by atoms with Gasteiger partial charge in [0.25, 0.3) is 0 Å². The highest BCUT2D eigenvalue weighted by Gasteiger charge is 2.36. The number of halogens is 4. The van der Waals surface area contributed by atoms with Crippen molar-refractivity contribution in [1.29, 1.82) is 0 Å². The maximum absolute atomic E-state index is 12.8. The van der Waals surface area contributed by atoms with Gasteiger partial charge in [-0.15, -0.1) is 23.7 Å². The first kappa shape index (κ1) is 21.6. The molecule has 0 radical (unpaired) electrons. The summed E-state index contributed by atoms with van der Waals surface area (Å²) in [6, 6.07) is 5.17. The van der Waals surface area contributed by atoms with Gasteiger partial charge in [0.2, 0.25) is 5.91 Å². The van der Waals surface area contributed by atoms with Crippen molar-refractivity contribution in [2.75, 3.05) is 18.5 Å². The zero-order chi connectivity index (χ0) is 18.8. The van der Waals surface area contributed by atoms with Crippen LogP contribution in [-0.2, 0) is 22.1 Å². The van der Waals surface area contributed by atoms with Gasteiger partial charge in [0, 0.05) is 30.7 Å². The van der Waals surface area contributed by atoms with Crippen LogP contribution >= 0.6 is 23.7 Å². The van der Waals surface area contributed by atoms with E-state index >= 15 is 0 Å². The van der Waals surface area contributed by atoms with Crippen LogP contribution in [0.2, 0.25) is 0 Å². The summed E-state index contributed by atoms with van der Waals surface area (Å²) in [5.41, 5.74) is 4.98. The Balaban J connectivity index is 0.00000261. The van der Waals surface area contributed by atoms with Crippen molar-refractivity contribution in [3.63, 3.8) is 0 Å². The highest BCUT2D eigenvalue weighted by atomic mass is 35.5. The smallest absolute Gasteiger partial charge is 0.381 e. The molecule has 10 heteroatoms. The molecule has 1 amide bonds. The molecule has 1 fully saturated rings. The Hall–Kier alpha value is -1.68. The molecule has 1 saturated heterocycles. The lowest BCUT2D eigenvalue weighted by Crippen LogP contribution is -2.54. The number of alkyl halides is 3. The molecule has 1 aliphatic rings. The van der Waals surface area contributed by atoms with Gasteiger partial charge in [0.1, 0.15) is 5.54 Å². The Kier molecular flexibility index (Phi) is 6.85. The number of rotatable bonds is 4. The predicted molar refractivity (Wildman–Crippen MR) is 99.2 cm³/mol. The van der Waals surface area contributed by atoms with Gasteiger partial charge in [-0.25, -0.2) is 4.98 Å². The van der Waals surface area contributed by atoms with E-state index in [2.05, 4.69) is 10.3 Å². The Morgan fingerprint density at radius 2 is 2.04 bits per heavy atom. The molecule has 3 N–H and O–H groups in total. The minimum absolute atomic E-state index is 0. The van der Waals surface area contributed by atoms with Gasteiger partial charge in [-0.1, -0.05) is 18.2 Å². The standard InChI is InChI=1S/C17H18F3N3O2S.ClH/c18-17(19,20)12-3-1-2-11(8-12)9-13-10-22-15(26-13)23-14(24)16(21)4-6-25-7-5-16;/h1-3,8,10H,4-7,9,21H2,(H,22,23,24);1H. The summed E-state index contributed by atoms with van der Waals surface area (Å²) < 4.78 is 43.6. The maximum atomic E-state index is 12.8. The lowest BCUT2D eigenvalue weighted by atomic mass is 9.90. The van der Waals surface area contributed by atoms with Crippen LogP contribution in [0.3, 0.4) is 0 Å². The van der Waals surface area contributed by atoms with E-state index in [1.165, 1.54) is 17.4 Å². The largest absolute Gasteiger partial charge is 0.416 e. The van der Waals surface area contributed by atoms with Crippen molar-refractivity contribution in [3.8, 4) is 0 Å². The number of anilines is 1. The van der Waals surface area contributed by atoms with Gasteiger partial charge >= 0.3 is 6.18 Å².